The number of fused-ring (bicyclic) bond motifs is 1. The highest BCUT2D eigenvalue weighted by molar-refractivity contribution is 5.74. The largest absolute Gasteiger partial charge is 0.388 e. The quantitative estimate of drug-likeness (QED) is 0.729. The van der Waals surface area contributed by atoms with Crippen molar-refractivity contribution >= 4 is 6.03 Å². The predicted molar refractivity (Wildman–Crippen MR) is 79.6 cm³/mol. The third-order valence-corrected chi connectivity index (χ3v) is 5.02. The zero-order valence-corrected chi connectivity index (χ0v) is 13.0. The number of hydrogen-bond donors (Lipinski definition) is 3. The van der Waals surface area contributed by atoms with E-state index in [1.165, 1.54) is 25.8 Å². The number of hydrogen-bond acceptors (Lipinski definition) is 3. The Bertz CT molecular complexity index is 344. The second-order valence-corrected chi connectivity index (χ2v) is 6.83. The molecule has 2 rings (SSSR count). The Balaban J connectivity index is 1.77. The molecule has 20 heavy (non-hydrogen) atoms. The average molecular weight is 283 g/mol. The van der Waals surface area contributed by atoms with E-state index in [-0.39, 0.29) is 24.5 Å². The monoisotopic (exact) mass is 283 g/mol. The lowest BCUT2D eigenvalue weighted by molar-refractivity contribution is 0.0165. The Kier molecular flexibility index (Phi) is 4.91. The van der Waals surface area contributed by atoms with Crippen LogP contribution in [0, 0.1) is 5.92 Å². The molecule has 5 heteroatoms. The summed E-state index contributed by atoms with van der Waals surface area (Å²) in [6, 6.07) is 0.628. The molecule has 116 valence electrons. The number of aliphatic hydroxyl groups is 1. The van der Waals surface area contributed by atoms with Gasteiger partial charge in [-0.3, -0.25) is 4.90 Å². The molecule has 2 heterocycles. The maximum absolute atomic E-state index is 12.0. The third-order valence-electron chi connectivity index (χ3n) is 5.02. The fourth-order valence-electron chi connectivity index (χ4n) is 3.10. The molecule has 0 aromatic carbocycles. The van der Waals surface area contributed by atoms with E-state index in [1.54, 1.807) is 6.92 Å². The van der Waals surface area contributed by atoms with E-state index in [2.05, 4.69) is 15.5 Å². The van der Waals surface area contributed by atoms with E-state index >= 15 is 0 Å². The highest BCUT2D eigenvalue weighted by Crippen LogP contribution is 2.27. The maximum atomic E-state index is 12.0. The van der Waals surface area contributed by atoms with Crippen molar-refractivity contribution in [2.75, 3.05) is 19.6 Å². The van der Waals surface area contributed by atoms with Crippen LogP contribution in [0.4, 0.5) is 4.79 Å². The third kappa shape index (κ3) is 3.64. The van der Waals surface area contributed by atoms with Crippen molar-refractivity contribution in [2.24, 2.45) is 5.92 Å². The number of amides is 2. The maximum Gasteiger partial charge on any atom is 0.315 e. The standard InChI is InChI=1S/C15H29N3O2/c1-11(2)15(3,20)10-16-14(19)17-12-7-9-18-8-5-4-6-13(12)18/h11-13,20H,4-10H2,1-3H3,(H2,16,17,19). The zero-order chi connectivity index (χ0) is 14.8. The molecule has 0 aliphatic carbocycles. The van der Waals surface area contributed by atoms with Gasteiger partial charge in [-0.25, -0.2) is 4.79 Å². The fraction of sp³-hybridized carbons (Fsp3) is 0.933. The van der Waals surface area contributed by atoms with Crippen molar-refractivity contribution in [3.05, 3.63) is 0 Å². The Hall–Kier alpha value is -0.810. The smallest absolute Gasteiger partial charge is 0.315 e. The zero-order valence-electron chi connectivity index (χ0n) is 13.0. The van der Waals surface area contributed by atoms with Crippen LogP contribution in [0.3, 0.4) is 0 Å². The number of carbonyl (C=O) groups excluding carboxylic acids is 1. The first-order valence-electron chi connectivity index (χ1n) is 7.91. The summed E-state index contributed by atoms with van der Waals surface area (Å²) < 4.78 is 0. The molecule has 2 aliphatic heterocycles. The minimum atomic E-state index is -0.857. The highest BCUT2D eigenvalue weighted by Gasteiger charge is 2.36. The van der Waals surface area contributed by atoms with Gasteiger partial charge in [-0.15, -0.1) is 0 Å². The van der Waals surface area contributed by atoms with Crippen molar-refractivity contribution in [3.8, 4) is 0 Å². The SMILES string of the molecule is CC(C)C(C)(O)CNC(=O)NC1CCN2CCCCC12. The van der Waals surface area contributed by atoms with E-state index in [1.807, 2.05) is 13.8 Å². The lowest BCUT2D eigenvalue weighted by Gasteiger charge is -2.33. The first-order chi connectivity index (χ1) is 9.40. The van der Waals surface area contributed by atoms with Gasteiger partial charge in [0.15, 0.2) is 0 Å². The van der Waals surface area contributed by atoms with Crippen LogP contribution in [0.5, 0.6) is 0 Å². The molecular weight excluding hydrogens is 254 g/mol. The number of nitrogens with zero attached hydrogens (tertiary/aromatic N) is 1. The Labute approximate surface area is 122 Å². The van der Waals surface area contributed by atoms with Crippen molar-refractivity contribution in [3.63, 3.8) is 0 Å². The van der Waals surface area contributed by atoms with Gasteiger partial charge in [0.2, 0.25) is 0 Å². The van der Waals surface area contributed by atoms with E-state index in [0.717, 1.165) is 13.0 Å². The molecule has 0 aromatic rings. The van der Waals surface area contributed by atoms with Crippen molar-refractivity contribution in [2.45, 2.75) is 64.1 Å². The molecular formula is C15H29N3O2. The topological polar surface area (TPSA) is 64.6 Å². The lowest BCUT2D eigenvalue weighted by atomic mass is 9.93. The van der Waals surface area contributed by atoms with Gasteiger partial charge in [-0.1, -0.05) is 20.3 Å². The van der Waals surface area contributed by atoms with E-state index in [0.29, 0.717) is 6.04 Å². The van der Waals surface area contributed by atoms with E-state index < -0.39 is 5.60 Å². The van der Waals surface area contributed by atoms with Gasteiger partial charge in [-0.2, -0.15) is 0 Å². The van der Waals surface area contributed by atoms with Crippen LogP contribution in [0.2, 0.25) is 0 Å². The molecule has 0 spiro atoms. The van der Waals surface area contributed by atoms with Gasteiger partial charge in [0, 0.05) is 25.2 Å². The molecule has 2 amide bonds. The Morgan fingerprint density at radius 3 is 2.80 bits per heavy atom. The van der Waals surface area contributed by atoms with Gasteiger partial charge in [-0.05, 0) is 38.6 Å². The molecule has 2 aliphatic rings. The highest BCUT2D eigenvalue weighted by atomic mass is 16.3. The van der Waals surface area contributed by atoms with Crippen LogP contribution in [-0.2, 0) is 0 Å². The summed E-state index contributed by atoms with van der Waals surface area (Å²) >= 11 is 0. The molecule has 0 saturated carbocycles. The normalized spacial score (nSPS) is 29.9. The molecule has 0 radical (unpaired) electrons. The summed E-state index contributed by atoms with van der Waals surface area (Å²) in [4.78, 5) is 14.5. The van der Waals surface area contributed by atoms with Gasteiger partial charge >= 0.3 is 6.03 Å². The summed E-state index contributed by atoms with van der Waals surface area (Å²) in [6.07, 6.45) is 4.78. The van der Waals surface area contributed by atoms with Crippen molar-refractivity contribution in [1.29, 1.82) is 0 Å². The molecule has 0 bridgehead atoms. The Morgan fingerprint density at radius 2 is 2.10 bits per heavy atom. The van der Waals surface area contributed by atoms with Crippen molar-refractivity contribution in [1.82, 2.24) is 15.5 Å². The summed E-state index contributed by atoms with van der Waals surface area (Å²) in [5.41, 5.74) is -0.857. The predicted octanol–water partition coefficient (Wildman–Crippen LogP) is 1.32. The molecule has 3 atom stereocenters. The Morgan fingerprint density at radius 1 is 1.35 bits per heavy atom. The number of urea groups is 1. The molecule has 3 unspecified atom stereocenters. The summed E-state index contributed by atoms with van der Waals surface area (Å²) in [5.74, 6) is 0.114. The number of piperidine rings is 1. The minimum absolute atomic E-state index is 0.114. The molecule has 2 saturated heterocycles. The molecule has 0 aromatic heterocycles. The molecule has 2 fully saturated rings. The van der Waals surface area contributed by atoms with Crippen LogP contribution in [0.15, 0.2) is 0 Å². The molecule has 3 N–H and O–H groups in total. The number of carbonyl (C=O) groups is 1. The van der Waals surface area contributed by atoms with E-state index in [4.69, 9.17) is 0 Å². The fourth-order valence-corrected chi connectivity index (χ4v) is 3.10. The van der Waals surface area contributed by atoms with E-state index in [9.17, 15) is 9.90 Å². The molecule has 5 nitrogen and oxygen atoms in total. The summed E-state index contributed by atoms with van der Waals surface area (Å²) in [6.45, 7) is 8.23. The van der Waals surface area contributed by atoms with Crippen molar-refractivity contribution < 1.29 is 9.90 Å². The van der Waals surface area contributed by atoms with Gasteiger partial charge in [0.25, 0.3) is 0 Å². The first kappa shape index (κ1) is 15.6. The van der Waals surface area contributed by atoms with Crippen LogP contribution in [0.1, 0.15) is 46.5 Å². The van der Waals surface area contributed by atoms with Gasteiger partial charge in [0.05, 0.1) is 5.60 Å². The van der Waals surface area contributed by atoms with Crippen LogP contribution < -0.4 is 10.6 Å². The average Bonchev–Trinajstić information content (AvgIpc) is 2.80. The van der Waals surface area contributed by atoms with Crippen LogP contribution in [-0.4, -0.2) is 53.4 Å². The second-order valence-electron chi connectivity index (χ2n) is 6.83. The van der Waals surface area contributed by atoms with Gasteiger partial charge < -0.3 is 15.7 Å². The first-order valence-corrected chi connectivity index (χ1v) is 7.91. The van der Waals surface area contributed by atoms with Crippen LogP contribution in [0.25, 0.3) is 0 Å². The lowest BCUT2D eigenvalue weighted by Crippen LogP contribution is -2.52. The van der Waals surface area contributed by atoms with Crippen LogP contribution >= 0.6 is 0 Å². The summed E-state index contributed by atoms with van der Waals surface area (Å²) in [5, 5.41) is 16.0. The minimum Gasteiger partial charge on any atom is -0.388 e. The number of rotatable bonds is 4. The second kappa shape index (κ2) is 6.31. The summed E-state index contributed by atoms with van der Waals surface area (Å²) in [7, 11) is 0. The number of nitrogens with one attached hydrogen (secondary N) is 2. The van der Waals surface area contributed by atoms with Gasteiger partial charge in [0.1, 0.15) is 0 Å².